The van der Waals surface area contributed by atoms with Gasteiger partial charge in [0.15, 0.2) is 9.84 Å². The topological polar surface area (TPSA) is 77.2 Å². The van der Waals surface area contributed by atoms with Crippen LogP contribution in [0.1, 0.15) is 52.4 Å². The molecule has 108 valence electrons. The van der Waals surface area contributed by atoms with Crippen molar-refractivity contribution in [2.45, 2.75) is 52.4 Å². The highest BCUT2D eigenvalue weighted by Crippen LogP contribution is 2.15. The molecule has 0 radical (unpaired) electrons. The Balaban J connectivity index is 3.91. The van der Waals surface area contributed by atoms with E-state index in [1.54, 1.807) is 0 Å². The van der Waals surface area contributed by atoms with Gasteiger partial charge in [0, 0.05) is 18.6 Å². The normalized spacial score (nSPS) is 13.5. The maximum absolute atomic E-state index is 11.6. The summed E-state index contributed by atoms with van der Waals surface area (Å²) >= 11 is 0. The zero-order valence-electron chi connectivity index (χ0n) is 11.7. The van der Waals surface area contributed by atoms with E-state index in [4.69, 9.17) is 5.73 Å². The number of ketones is 1. The van der Waals surface area contributed by atoms with Gasteiger partial charge < -0.3 is 5.73 Å². The van der Waals surface area contributed by atoms with E-state index in [9.17, 15) is 13.2 Å². The fourth-order valence-corrected chi connectivity index (χ4v) is 3.33. The van der Waals surface area contributed by atoms with Gasteiger partial charge in [-0.2, -0.15) is 0 Å². The van der Waals surface area contributed by atoms with Crippen molar-refractivity contribution in [3.05, 3.63) is 0 Å². The molecule has 0 amide bonds. The molecule has 0 aliphatic heterocycles. The lowest BCUT2D eigenvalue weighted by atomic mass is 9.95. The highest BCUT2D eigenvalue weighted by atomic mass is 32.2. The van der Waals surface area contributed by atoms with Gasteiger partial charge in [0.1, 0.15) is 5.78 Å². The van der Waals surface area contributed by atoms with Crippen molar-refractivity contribution in [1.82, 2.24) is 0 Å². The Morgan fingerprint density at radius 2 is 1.78 bits per heavy atom. The summed E-state index contributed by atoms with van der Waals surface area (Å²) in [7, 11) is -3.02. The van der Waals surface area contributed by atoms with Gasteiger partial charge in [0.2, 0.25) is 0 Å². The molecule has 2 N–H and O–H groups in total. The molecule has 0 saturated heterocycles. The maximum atomic E-state index is 11.6. The molecule has 0 rings (SSSR count). The third-order valence-corrected chi connectivity index (χ3v) is 5.05. The van der Waals surface area contributed by atoms with Crippen molar-refractivity contribution in [2.24, 2.45) is 11.7 Å². The van der Waals surface area contributed by atoms with Crippen LogP contribution in [-0.2, 0) is 14.6 Å². The lowest BCUT2D eigenvalue weighted by Crippen LogP contribution is -2.15. The minimum atomic E-state index is -3.02. The van der Waals surface area contributed by atoms with Crippen LogP contribution in [0.25, 0.3) is 0 Å². The summed E-state index contributed by atoms with van der Waals surface area (Å²) in [6, 6.07) is 0. The first-order valence-corrected chi connectivity index (χ1v) is 8.69. The molecule has 0 aromatic heterocycles. The van der Waals surface area contributed by atoms with Gasteiger partial charge >= 0.3 is 0 Å². The Morgan fingerprint density at radius 1 is 1.11 bits per heavy atom. The van der Waals surface area contributed by atoms with Crippen molar-refractivity contribution in [1.29, 1.82) is 0 Å². The zero-order valence-corrected chi connectivity index (χ0v) is 12.5. The van der Waals surface area contributed by atoms with E-state index in [2.05, 4.69) is 6.92 Å². The van der Waals surface area contributed by atoms with Gasteiger partial charge in [-0.25, -0.2) is 8.42 Å². The summed E-state index contributed by atoms with van der Waals surface area (Å²) in [4.78, 5) is 11.6. The van der Waals surface area contributed by atoms with Crippen LogP contribution in [0.5, 0.6) is 0 Å². The van der Waals surface area contributed by atoms with E-state index in [-0.39, 0.29) is 23.7 Å². The average molecular weight is 277 g/mol. The molecule has 18 heavy (non-hydrogen) atoms. The lowest BCUT2D eigenvalue weighted by Gasteiger charge is -2.12. The van der Waals surface area contributed by atoms with Crippen LogP contribution in [0.2, 0.25) is 0 Å². The molecule has 0 aliphatic carbocycles. The van der Waals surface area contributed by atoms with Crippen LogP contribution >= 0.6 is 0 Å². The molecule has 4 nitrogen and oxygen atoms in total. The van der Waals surface area contributed by atoms with Crippen LogP contribution in [0.15, 0.2) is 0 Å². The molecule has 0 aromatic carbocycles. The SMILES string of the molecule is CCCS(=O)(=O)CCC(=O)CCC(CC)CCN. The fraction of sp³-hybridized carbons (Fsp3) is 0.923. The number of hydrogen-bond donors (Lipinski definition) is 1. The van der Waals surface area contributed by atoms with Crippen molar-refractivity contribution in [2.75, 3.05) is 18.1 Å². The minimum absolute atomic E-state index is 0.00730. The predicted octanol–water partition coefficient (Wildman–Crippen LogP) is 1.93. The summed E-state index contributed by atoms with van der Waals surface area (Å²) in [6.45, 7) is 4.58. The quantitative estimate of drug-likeness (QED) is 0.626. The third kappa shape index (κ3) is 8.64. The van der Waals surface area contributed by atoms with Crippen LogP contribution < -0.4 is 5.73 Å². The maximum Gasteiger partial charge on any atom is 0.150 e. The smallest absolute Gasteiger partial charge is 0.150 e. The summed E-state index contributed by atoms with van der Waals surface area (Å²) in [5.74, 6) is 0.745. The monoisotopic (exact) mass is 277 g/mol. The number of Topliss-reactive ketones (excluding diaryl/α,β-unsaturated/α-hetero) is 1. The van der Waals surface area contributed by atoms with E-state index < -0.39 is 9.84 Å². The van der Waals surface area contributed by atoms with E-state index in [1.807, 2.05) is 6.92 Å². The molecule has 0 aliphatic rings. The zero-order chi connectivity index (χ0) is 14.0. The highest BCUT2D eigenvalue weighted by Gasteiger charge is 2.14. The second-order valence-electron chi connectivity index (χ2n) is 4.83. The first-order chi connectivity index (χ1) is 8.45. The van der Waals surface area contributed by atoms with E-state index in [0.717, 1.165) is 19.3 Å². The van der Waals surface area contributed by atoms with Gasteiger partial charge in [-0.1, -0.05) is 20.3 Å². The van der Waals surface area contributed by atoms with Crippen molar-refractivity contribution < 1.29 is 13.2 Å². The number of nitrogens with two attached hydrogens (primary N) is 1. The highest BCUT2D eigenvalue weighted by molar-refractivity contribution is 7.91. The first kappa shape index (κ1) is 17.6. The summed E-state index contributed by atoms with van der Waals surface area (Å²) in [5.41, 5.74) is 5.50. The predicted molar refractivity (Wildman–Crippen MR) is 75.3 cm³/mol. The standard InChI is InChI=1S/C13H27NO3S/c1-3-10-18(16,17)11-8-13(15)6-5-12(4-2)7-9-14/h12H,3-11,14H2,1-2H3. The molecule has 0 aromatic rings. The Bertz CT molecular complexity index is 325. The van der Waals surface area contributed by atoms with Crippen molar-refractivity contribution >= 4 is 15.6 Å². The molecule has 5 heteroatoms. The van der Waals surface area contributed by atoms with Gasteiger partial charge in [0.25, 0.3) is 0 Å². The second kappa shape index (κ2) is 9.50. The number of carbonyl (C=O) groups is 1. The molecule has 1 atom stereocenters. The molecule has 0 bridgehead atoms. The molecular weight excluding hydrogens is 250 g/mol. The number of sulfone groups is 1. The third-order valence-electron chi connectivity index (χ3n) is 3.19. The Hall–Kier alpha value is -0.420. The van der Waals surface area contributed by atoms with Crippen LogP contribution in [-0.4, -0.2) is 32.3 Å². The Kier molecular flexibility index (Phi) is 9.28. The van der Waals surface area contributed by atoms with Gasteiger partial charge in [-0.3, -0.25) is 4.79 Å². The van der Waals surface area contributed by atoms with Crippen LogP contribution in [0.3, 0.4) is 0 Å². The molecule has 0 spiro atoms. The molecular formula is C13H27NO3S. The minimum Gasteiger partial charge on any atom is -0.330 e. The summed E-state index contributed by atoms with van der Waals surface area (Å²) in [6.07, 6.45) is 4.07. The Labute approximate surface area is 111 Å². The van der Waals surface area contributed by atoms with Crippen LogP contribution in [0, 0.1) is 5.92 Å². The first-order valence-electron chi connectivity index (χ1n) is 6.87. The number of hydrogen-bond acceptors (Lipinski definition) is 4. The largest absolute Gasteiger partial charge is 0.330 e. The van der Waals surface area contributed by atoms with E-state index in [1.165, 1.54) is 0 Å². The van der Waals surface area contributed by atoms with Gasteiger partial charge in [0.05, 0.1) is 5.75 Å². The second-order valence-corrected chi connectivity index (χ2v) is 7.13. The molecule has 1 unspecified atom stereocenters. The molecule has 0 fully saturated rings. The molecule has 0 heterocycles. The van der Waals surface area contributed by atoms with Gasteiger partial charge in [-0.15, -0.1) is 0 Å². The average Bonchev–Trinajstić information content (AvgIpc) is 2.32. The van der Waals surface area contributed by atoms with E-state index in [0.29, 0.717) is 25.3 Å². The van der Waals surface area contributed by atoms with Crippen LogP contribution in [0.4, 0.5) is 0 Å². The molecule has 0 saturated carbocycles. The summed E-state index contributed by atoms with van der Waals surface area (Å²) < 4.78 is 22.9. The van der Waals surface area contributed by atoms with Gasteiger partial charge in [-0.05, 0) is 31.7 Å². The fourth-order valence-electron chi connectivity index (χ4n) is 1.96. The Morgan fingerprint density at radius 3 is 2.28 bits per heavy atom. The number of rotatable bonds is 11. The number of carbonyl (C=O) groups excluding carboxylic acids is 1. The van der Waals surface area contributed by atoms with Crippen molar-refractivity contribution in [3.8, 4) is 0 Å². The van der Waals surface area contributed by atoms with Crippen molar-refractivity contribution in [3.63, 3.8) is 0 Å². The summed E-state index contributed by atoms with van der Waals surface area (Å²) in [5, 5.41) is 0. The van der Waals surface area contributed by atoms with E-state index >= 15 is 0 Å². The lowest BCUT2D eigenvalue weighted by molar-refractivity contribution is -0.119.